The topological polar surface area (TPSA) is 35.5 Å². The molecule has 0 saturated carbocycles. The molecular weight excluding hydrogens is 240 g/mol. The zero-order chi connectivity index (χ0) is 13.5. The predicted molar refractivity (Wildman–Crippen MR) is 73.1 cm³/mol. The molecule has 102 valence electrons. The number of benzene rings is 1. The Morgan fingerprint density at radius 3 is 2.53 bits per heavy atom. The molecule has 19 heavy (non-hydrogen) atoms. The number of ether oxygens (including phenoxy) is 2. The van der Waals surface area contributed by atoms with Gasteiger partial charge in [0.15, 0.2) is 17.3 Å². The molecule has 1 aliphatic carbocycles. The number of aryl methyl sites for hydroxylation is 1. The maximum absolute atomic E-state index is 12.4. The van der Waals surface area contributed by atoms with Crippen molar-refractivity contribution in [1.29, 1.82) is 0 Å². The average Bonchev–Trinajstić information content (AvgIpc) is 2.63. The van der Waals surface area contributed by atoms with E-state index in [0.29, 0.717) is 19.6 Å². The fourth-order valence-corrected chi connectivity index (χ4v) is 2.81. The zero-order valence-electron chi connectivity index (χ0n) is 11.6. The van der Waals surface area contributed by atoms with Gasteiger partial charge in [-0.25, -0.2) is 0 Å². The summed E-state index contributed by atoms with van der Waals surface area (Å²) in [6.45, 7) is 5.67. The van der Waals surface area contributed by atoms with Crippen molar-refractivity contribution in [3.05, 3.63) is 23.3 Å². The van der Waals surface area contributed by atoms with Gasteiger partial charge in [0, 0.05) is 18.4 Å². The van der Waals surface area contributed by atoms with Crippen LogP contribution >= 0.6 is 0 Å². The highest BCUT2D eigenvalue weighted by molar-refractivity contribution is 5.99. The Kier molecular flexibility index (Phi) is 3.00. The van der Waals surface area contributed by atoms with Gasteiger partial charge in [-0.1, -0.05) is 13.8 Å². The van der Waals surface area contributed by atoms with Crippen molar-refractivity contribution in [2.75, 3.05) is 13.2 Å². The van der Waals surface area contributed by atoms with Gasteiger partial charge in [0.2, 0.25) is 0 Å². The molecule has 1 heterocycles. The molecule has 0 bridgehead atoms. The van der Waals surface area contributed by atoms with Gasteiger partial charge in [-0.05, 0) is 36.0 Å². The number of Topliss-reactive ketones (excluding diaryl/α,β-unsaturated/α-hetero) is 1. The third-order valence-electron chi connectivity index (χ3n) is 3.98. The van der Waals surface area contributed by atoms with Gasteiger partial charge in [0.25, 0.3) is 0 Å². The van der Waals surface area contributed by atoms with E-state index in [1.165, 1.54) is 0 Å². The minimum Gasteiger partial charge on any atom is -0.490 e. The molecule has 0 radical (unpaired) electrons. The molecule has 0 N–H and O–H groups in total. The van der Waals surface area contributed by atoms with Crippen LogP contribution in [0.3, 0.4) is 0 Å². The van der Waals surface area contributed by atoms with Crippen LogP contribution in [0.2, 0.25) is 0 Å². The standard InChI is InChI=1S/C16H20O3/c1-16(2)5-4-11-8-14-15(19-7-3-6-18-14)9-12(11)13(17)10-16/h8-9H,3-7,10H2,1-2H3. The van der Waals surface area contributed by atoms with Crippen LogP contribution in [-0.4, -0.2) is 19.0 Å². The van der Waals surface area contributed by atoms with Gasteiger partial charge in [0.1, 0.15) is 0 Å². The SMILES string of the molecule is CC1(C)CCc2cc3c(cc2C(=O)C1)OCCCO3. The largest absolute Gasteiger partial charge is 0.490 e. The van der Waals surface area contributed by atoms with Crippen LogP contribution < -0.4 is 9.47 Å². The predicted octanol–water partition coefficient (Wildman–Crippen LogP) is 3.39. The van der Waals surface area contributed by atoms with E-state index in [1.807, 2.05) is 12.1 Å². The number of hydrogen-bond acceptors (Lipinski definition) is 3. The van der Waals surface area contributed by atoms with Crippen molar-refractivity contribution in [3.63, 3.8) is 0 Å². The maximum atomic E-state index is 12.4. The van der Waals surface area contributed by atoms with E-state index in [0.717, 1.165) is 41.9 Å². The summed E-state index contributed by atoms with van der Waals surface area (Å²) in [5.74, 6) is 1.75. The van der Waals surface area contributed by atoms with Gasteiger partial charge in [-0.3, -0.25) is 4.79 Å². The van der Waals surface area contributed by atoms with E-state index < -0.39 is 0 Å². The number of carbonyl (C=O) groups is 1. The summed E-state index contributed by atoms with van der Waals surface area (Å²) in [7, 11) is 0. The lowest BCUT2D eigenvalue weighted by Crippen LogP contribution is -2.14. The Morgan fingerprint density at radius 1 is 1.11 bits per heavy atom. The number of fused-ring (bicyclic) bond motifs is 2. The molecule has 0 saturated heterocycles. The molecule has 2 aliphatic rings. The molecule has 0 atom stereocenters. The molecule has 0 unspecified atom stereocenters. The number of hydrogen-bond donors (Lipinski definition) is 0. The number of ketones is 1. The van der Waals surface area contributed by atoms with Gasteiger partial charge in [-0.2, -0.15) is 0 Å². The van der Waals surface area contributed by atoms with Crippen molar-refractivity contribution in [3.8, 4) is 11.5 Å². The fraction of sp³-hybridized carbons (Fsp3) is 0.562. The second-order valence-corrected chi connectivity index (χ2v) is 6.27. The Bertz CT molecular complexity index is 517. The lowest BCUT2D eigenvalue weighted by Gasteiger charge is -2.20. The Balaban J connectivity index is 2.03. The van der Waals surface area contributed by atoms with Crippen LogP contribution in [0.15, 0.2) is 12.1 Å². The molecule has 0 fully saturated rings. The van der Waals surface area contributed by atoms with Crippen LogP contribution in [0.1, 0.15) is 49.0 Å². The van der Waals surface area contributed by atoms with E-state index in [4.69, 9.17) is 9.47 Å². The van der Waals surface area contributed by atoms with Crippen LogP contribution in [0.4, 0.5) is 0 Å². The summed E-state index contributed by atoms with van der Waals surface area (Å²) in [6.07, 6.45) is 3.47. The molecule has 1 aromatic rings. The maximum Gasteiger partial charge on any atom is 0.163 e. The highest BCUT2D eigenvalue weighted by Gasteiger charge is 2.29. The van der Waals surface area contributed by atoms with Crippen LogP contribution in [0.25, 0.3) is 0 Å². The second kappa shape index (κ2) is 4.55. The monoisotopic (exact) mass is 260 g/mol. The van der Waals surface area contributed by atoms with Gasteiger partial charge < -0.3 is 9.47 Å². The Hall–Kier alpha value is -1.51. The molecule has 1 aliphatic heterocycles. The van der Waals surface area contributed by atoms with Crippen LogP contribution in [-0.2, 0) is 6.42 Å². The van der Waals surface area contributed by atoms with Crippen molar-refractivity contribution in [2.24, 2.45) is 5.41 Å². The van der Waals surface area contributed by atoms with E-state index in [2.05, 4.69) is 13.8 Å². The molecule has 3 rings (SSSR count). The van der Waals surface area contributed by atoms with Gasteiger partial charge in [-0.15, -0.1) is 0 Å². The van der Waals surface area contributed by atoms with E-state index in [9.17, 15) is 4.79 Å². The summed E-state index contributed by atoms with van der Waals surface area (Å²) in [5, 5.41) is 0. The Labute approximate surface area is 113 Å². The lowest BCUT2D eigenvalue weighted by molar-refractivity contribution is 0.0934. The second-order valence-electron chi connectivity index (χ2n) is 6.27. The van der Waals surface area contributed by atoms with Crippen LogP contribution in [0.5, 0.6) is 11.5 Å². The number of rotatable bonds is 0. The van der Waals surface area contributed by atoms with Crippen molar-refractivity contribution >= 4 is 5.78 Å². The third kappa shape index (κ3) is 2.46. The molecule has 0 spiro atoms. The summed E-state index contributed by atoms with van der Waals surface area (Å²) >= 11 is 0. The van der Waals surface area contributed by atoms with Crippen LogP contribution in [0, 0.1) is 5.41 Å². The molecule has 1 aromatic carbocycles. The summed E-state index contributed by atoms with van der Waals surface area (Å²) in [5.41, 5.74) is 2.02. The summed E-state index contributed by atoms with van der Waals surface area (Å²) in [4.78, 5) is 12.4. The summed E-state index contributed by atoms with van der Waals surface area (Å²) < 4.78 is 11.4. The first-order valence-electron chi connectivity index (χ1n) is 7.01. The van der Waals surface area contributed by atoms with E-state index in [-0.39, 0.29) is 11.2 Å². The first kappa shape index (κ1) is 12.5. The quantitative estimate of drug-likeness (QED) is 0.671. The fourth-order valence-electron chi connectivity index (χ4n) is 2.81. The molecule has 0 amide bonds. The van der Waals surface area contributed by atoms with Gasteiger partial charge in [0.05, 0.1) is 13.2 Å². The zero-order valence-corrected chi connectivity index (χ0v) is 11.6. The number of carbonyl (C=O) groups excluding carboxylic acids is 1. The molecule has 3 nitrogen and oxygen atoms in total. The highest BCUT2D eigenvalue weighted by Crippen LogP contribution is 2.39. The molecular formula is C16H20O3. The van der Waals surface area contributed by atoms with Crippen molar-refractivity contribution in [1.82, 2.24) is 0 Å². The normalized spacial score (nSPS) is 21.3. The van der Waals surface area contributed by atoms with Gasteiger partial charge >= 0.3 is 0 Å². The van der Waals surface area contributed by atoms with Crippen molar-refractivity contribution < 1.29 is 14.3 Å². The first-order chi connectivity index (χ1) is 9.05. The first-order valence-corrected chi connectivity index (χ1v) is 7.01. The summed E-state index contributed by atoms with van der Waals surface area (Å²) in [6, 6.07) is 3.90. The Morgan fingerprint density at radius 2 is 1.79 bits per heavy atom. The van der Waals surface area contributed by atoms with E-state index >= 15 is 0 Å². The molecule has 0 aromatic heterocycles. The van der Waals surface area contributed by atoms with E-state index in [1.54, 1.807) is 0 Å². The average molecular weight is 260 g/mol. The minimum atomic E-state index is 0.0786. The smallest absolute Gasteiger partial charge is 0.163 e. The third-order valence-corrected chi connectivity index (χ3v) is 3.98. The highest BCUT2D eigenvalue weighted by atomic mass is 16.5. The lowest BCUT2D eigenvalue weighted by atomic mass is 9.84. The minimum absolute atomic E-state index is 0.0786. The van der Waals surface area contributed by atoms with Crippen molar-refractivity contribution in [2.45, 2.75) is 39.5 Å². The molecule has 3 heteroatoms.